The average molecular weight is 371 g/mol. The molecule has 0 amide bonds. The Labute approximate surface area is 125 Å². The largest absolute Gasteiger partial charge is 0.480 e. The molecule has 0 aliphatic heterocycles. The summed E-state index contributed by atoms with van der Waals surface area (Å²) in [5.41, 5.74) is 0. The van der Waals surface area contributed by atoms with Crippen LogP contribution in [0.3, 0.4) is 0 Å². The smallest absolute Gasteiger partial charge is 0.321 e. The van der Waals surface area contributed by atoms with Gasteiger partial charge in [0.1, 0.15) is 6.04 Å². The molecule has 2 N–H and O–H groups in total. The minimum Gasteiger partial charge on any atom is -0.480 e. The van der Waals surface area contributed by atoms with Crippen LogP contribution < -0.4 is 4.72 Å². The lowest BCUT2D eigenvalue weighted by Gasteiger charge is -2.14. The summed E-state index contributed by atoms with van der Waals surface area (Å²) >= 11 is 8.90. The molecule has 0 unspecified atom stereocenters. The van der Waals surface area contributed by atoms with Crippen molar-refractivity contribution >= 4 is 43.5 Å². The van der Waals surface area contributed by atoms with Crippen molar-refractivity contribution in [1.29, 1.82) is 0 Å². The summed E-state index contributed by atoms with van der Waals surface area (Å²) in [4.78, 5) is 10.9. The number of hydrogen-bond donors (Lipinski definition) is 2. The van der Waals surface area contributed by atoms with Gasteiger partial charge in [-0.1, -0.05) is 24.9 Å². The van der Waals surface area contributed by atoms with Crippen LogP contribution in [0.5, 0.6) is 0 Å². The highest BCUT2D eigenvalue weighted by Gasteiger charge is 2.24. The molecule has 0 aliphatic rings. The van der Waals surface area contributed by atoms with E-state index in [4.69, 9.17) is 16.7 Å². The monoisotopic (exact) mass is 369 g/mol. The van der Waals surface area contributed by atoms with Crippen molar-refractivity contribution in [3.05, 3.63) is 27.7 Å². The maximum Gasteiger partial charge on any atom is 0.321 e. The first-order chi connectivity index (χ1) is 8.77. The second-order valence-electron chi connectivity index (χ2n) is 3.88. The Kier molecular flexibility index (Phi) is 5.79. The molecule has 0 heterocycles. The third-order valence-corrected chi connectivity index (χ3v) is 5.06. The molecule has 0 aromatic heterocycles. The van der Waals surface area contributed by atoms with Gasteiger partial charge in [0.15, 0.2) is 0 Å². The standard InChI is InChI=1S/C11H13BrClNO4S/c1-2-3-10(11(15)16)14-19(17,18)7-4-5-9(13)8(12)6-7/h4-6,10,14H,2-3H2,1H3,(H,15,16)/t10-/m1/s1. The number of benzene rings is 1. The van der Waals surface area contributed by atoms with Gasteiger partial charge >= 0.3 is 5.97 Å². The van der Waals surface area contributed by atoms with E-state index >= 15 is 0 Å². The Morgan fingerprint density at radius 2 is 2.16 bits per heavy atom. The van der Waals surface area contributed by atoms with Crippen LogP contribution in [0, 0.1) is 0 Å². The van der Waals surface area contributed by atoms with Crippen molar-refractivity contribution in [3.8, 4) is 0 Å². The van der Waals surface area contributed by atoms with Crippen molar-refractivity contribution in [2.75, 3.05) is 0 Å². The Bertz CT molecular complexity index is 576. The van der Waals surface area contributed by atoms with Crippen LogP contribution >= 0.6 is 27.5 Å². The van der Waals surface area contributed by atoms with Gasteiger partial charge < -0.3 is 5.11 Å². The van der Waals surface area contributed by atoms with E-state index in [0.29, 0.717) is 15.9 Å². The van der Waals surface area contributed by atoms with Crippen molar-refractivity contribution in [1.82, 2.24) is 4.72 Å². The van der Waals surface area contributed by atoms with Crippen molar-refractivity contribution in [2.45, 2.75) is 30.7 Å². The quantitative estimate of drug-likeness (QED) is 0.806. The van der Waals surface area contributed by atoms with Crippen molar-refractivity contribution in [3.63, 3.8) is 0 Å². The van der Waals surface area contributed by atoms with Crippen LogP contribution in [0.1, 0.15) is 19.8 Å². The molecule has 0 aliphatic carbocycles. The number of carbonyl (C=O) groups is 1. The molecule has 0 saturated heterocycles. The van der Waals surface area contributed by atoms with Crippen LogP contribution in [0.25, 0.3) is 0 Å². The Balaban J connectivity index is 3.03. The fraction of sp³-hybridized carbons (Fsp3) is 0.364. The fourth-order valence-corrected chi connectivity index (χ4v) is 3.32. The lowest BCUT2D eigenvalue weighted by molar-refractivity contribution is -0.139. The second-order valence-corrected chi connectivity index (χ2v) is 6.85. The van der Waals surface area contributed by atoms with Gasteiger partial charge in [0.2, 0.25) is 10.0 Å². The molecule has 19 heavy (non-hydrogen) atoms. The van der Waals surface area contributed by atoms with Crippen LogP contribution in [0.2, 0.25) is 5.02 Å². The van der Waals surface area contributed by atoms with Gasteiger partial charge in [-0.05, 0) is 40.5 Å². The second kappa shape index (κ2) is 6.69. The highest BCUT2D eigenvalue weighted by molar-refractivity contribution is 9.10. The van der Waals surface area contributed by atoms with Gasteiger partial charge in [-0.3, -0.25) is 4.79 Å². The summed E-state index contributed by atoms with van der Waals surface area (Å²) in [6.07, 6.45) is 0.785. The fourth-order valence-electron chi connectivity index (χ4n) is 1.42. The Morgan fingerprint density at radius 1 is 1.53 bits per heavy atom. The van der Waals surface area contributed by atoms with E-state index in [0.717, 1.165) is 0 Å². The van der Waals surface area contributed by atoms with Gasteiger partial charge in [-0.2, -0.15) is 4.72 Å². The van der Waals surface area contributed by atoms with E-state index in [1.54, 1.807) is 6.92 Å². The number of nitrogens with one attached hydrogen (secondary N) is 1. The van der Waals surface area contributed by atoms with E-state index in [9.17, 15) is 13.2 Å². The summed E-state index contributed by atoms with van der Waals surface area (Å²) in [6.45, 7) is 1.78. The first kappa shape index (κ1) is 16.4. The number of carboxylic acids is 1. The molecule has 0 spiro atoms. The summed E-state index contributed by atoms with van der Waals surface area (Å²) in [5.74, 6) is -1.20. The number of hydrogen-bond acceptors (Lipinski definition) is 3. The van der Waals surface area contributed by atoms with Gasteiger partial charge in [0.25, 0.3) is 0 Å². The molecular weight excluding hydrogens is 358 g/mol. The molecule has 106 valence electrons. The number of aliphatic carboxylic acids is 1. The lowest BCUT2D eigenvalue weighted by atomic mass is 10.2. The topological polar surface area (TPSA) is 83.5 Å². The molecule has 1 aromatic rings. The lowest BCUT2D eigenvalue weighted by Crippen LogP contribution is -2.40. The molecule has 0 radical (unpaired) electrons. The minimum absolute atomic E-state index is 0.0360. The van der Waals surface area contributed by atoms with Gasteiger partial charge in [-0.15, -0.1) is 0 Å². The number of halogens is 2. The summed E-state index contributed by atoms with van der Waals surface area (Å²) in [5, 5.41) is 9.33. The number of sulfonamides is 1. The predicted molar refractivity (Wildman–Crippen MR) is 75.8 cm³/mol. The average Bonchev–Trinajstić information content (AvgIpc) is 2.31. The third kappa shape index (κ3) is 4.45. The maximum absolute atomic E-state index is 12.0. The molecule has 5 nitrogen and oxygen atoms in total. The maximum atomic E-state index is 12.0. The van der Waals surface area contributed by atoms with E-state index in [1.807, 2.05) is 0 Å². The van der Waals surface area contributed by atoms with Gasteiger partial charge in [0, 0.05) is 4.47 Å². The summed E-state index contributed by atoms with van der Waals surface area (Å²) in [7, 11) is -3.89. The third-order valence-electron chi connectivity index (χ3n) is 2.37. The molecule has 1 aromatic carbocycles. The van der Waals surface area contributed by atoms with Crippen molar-refractivity contribution in [2.24, 2.45) is 0 Å². The first-order valence-electron chi connectivity index (χ1n) is 5.48. The van der Waals surface area contributed by atoms with Gasteiger partial charge in [-0.25, -0.2) is 8.42 Å². The predicted octanol–water partition coefficient (Wildman–Crippen LogP) is 2.63. The summed E-state index contributed by atoms with van der Waals surface area (Å²) in [6, 6.07) is 2.94. The normalized spacial score (nSPS) is 13.2. The summed E-state index contributed by atoms with van der Waals surface area (Å²) < 4.78 is 26.7. The molecular formula is C11H13BrClNO4S. The SMILES string of the molecule is CCC[C@@H](NS(=O)(=O)c1ccc(Cl)c(Br)c1)C(=O)O. The van der Waals surface area contributed by atoms with Crippen LogP contribution in [0.4, 0.5) is 0 Å². The zero-order valence-electron chi connectivity index (χ0n) is 10.1. The number of carboxylic acid groups (broad SMARTS) is 1. The first-order valence-corrected chi connectivity index (χ1v) is 8.13. The van der Waals surface area contributed by atoms with E-state index in [-0.39, 0.29) is 11.3 Å². The van der Waals surface area contributed by atoms with Crippen LogP contribution in [0.15, 0.2) is 27.6 Å². The molecule has 0 saturated carbocycles. The van der Waals surface area contributed by atoms with Crippen LogP contribution in [-0.2, 0) is 14.8 Å². The van der Waals surface area contributed by atoms with Crippen molar-refractivity contribution < 1.29 is 18.3 Å². The Hall–Kier alpha value is -0.630. The number of rotatable bonds is 6. The molecule has 1 atom stereocenters. The molecule has 1 rings (SSSR count). The molecule has 0 fully saturated rings. The van der Waals surface area contributed by atoms with E-state index in [1.165, 1.54) is 18.2 Å². The van der Waals surface area contributed by atoms with E-state index < -0.39 is 22.0 Å². The zero-order valence-corrected chi connectivity index (χ0v) is 13.2. The van der Waals surface area contributed by atoms with Crippen LogP contribution in [-0.4, -0.2) is 25.5 Å². The highest BCUT2D eigenvalue weighted by atomic mass is 79.9. The molecule has 0 bridgehead atoms. The molecule has 8 heteroatoms. The highest BCUT2D eigenvalue weighted by Crippen LogP contribution is 2.25. The Morgan fingerprint density at radius 3 is 2.63 bits per heavy atom. The minimum atomic E-state index is -3.89. The zero-order chi connectivity index (χ0) is 14.6. The van der Waals surface area contributed by atoms with Gasteiger partial charge in [0.05, 0.1) is 9.92 Å². The van der Waals surface area contributed by atoms with E-state index in [2.05, 4.69) is 20.7 Å².